The van der Waals surface area contributed by atoms with Crippen LogP contribution in [0.3, 0.4) is 0 Å². The van der Waals surface area contributed by atoms with Gasteiger partial charge in [0.05, 0.1) is 6.10 Å². The van der Waals surface area contributed by atoms with Gasteiger partial charge < -0.3 is 5.11 Å². The molecule has 0 aromatic heterocycles. The summed E-state index contributed by atoms with van der Waals surface area (Å²) in [5.74, 6) is 0. The SMILES string of the molecule is CC(C)(C)[C@H](O)c1cccc2ccccc12. The van der Waals surface area contributed by atoms with E-state index in [2.05, 4.69) is 39.0 Å². The Kier molecular flexibility index (Phi) is 2.73. The lowest BCUT2D eigenvalue weighted by molar-refractivity contribution is 0.0639. The zero-order chi connectivity index (χ0) is 11.8. The fourth-order valence-corrected chi connectivity index (χ4v) is 1.96. The van der Waals surface area contributed by atoms with Gasteiger partial charge in [-0.25, -0.2) is 0 Å². The molecule has 0 saturated carbocycles. The van der Waals surface area contributed by atoms with Gasteiger partial charge in [-0.05, 0) is 21.8 Å². The van der Waals surface area contributed by atoms with Crippen molar-refractivity contribution in [3.05, 3.63) is 48.0 Å². The molecule has 2 rings (SSSR count). The Morgan fingerprint density at radius 1 is 0.938 bits per heavy atom. The molecule has 2 aromatic carbocycles. The molecule has 0 heterocycles. The van der Waals surface area contributed by atoms with Crippen molar-refractivity contribution in [3.8, 4) is 0 Å². The van der Waals surface area contributed by atoms with E-state index in [1.165, 1.54) is 5.39 Å². The predicted octanol–water partition coefficient (Wildman–Crippen LogP) is 3.92. The molecule has 0 bridgehead atoms. The minimum atomic E-state index is -0.432. The quantitative estimate of drug-likeness (QED) is 0.762. The summed E-state index contributed by atoms with van der Waals surface area (Å²) in [6.07, 6.45) is -0.432. The maximum Gasteiger partial charge on any atom is 0.0844 e. The van der Waals surface area contributed by atoms with Crippen LogP contribution in [0.4, 0.5) is 0 Å². The average Bonchev–Trinajstić information content (AvgIpc) is 2.26. The smallest absolute Gasteiger partial charge is 0.0844 e. The minimum absolute atomic E-state index is 0.135. The van der Waals surface area contributed by atoms with Crippen molar-refractivity contribution in [1.82, 2.24) is 0 Å². The number of aliphatic hydroxyl groups excluding tert-OH is 1. The van der Waals surface area contributed by atoms with E-state index in [0.717, 1.165) is 10.9 Å². The second kappa shape index (κ2) is 3.91. The largest absolute Gasteiger partial charge is 0.388 e. The average molecular weight is 214 g/mol. The highest BCUT2D eigenvalue weighted by Gasteiger charge is 2.24. The maximum absolute atomic E-state index is 10.4. The molecule has 0 unspecified atom stereocenters. The second-order valence-electron chi connectivity index (χ2n) is 5.34. The first-order valence-electron chi connectivity index (χ1n) is 5.66. The van der Waals surface area contributed by atoms with Crippen molar-refractivity contribution in [2.75, 3.05) is 0 Å². The van der Waals surface area contributed by atoms with Crippen LogP contribution in [-0.2, 0) is 0 Å². The van der Waals surface area contributed by atoms with Gasteiger partial charge >= 0.3 is 0 Å². The first kappa shape index (κ1) is 11.2. The lowest BCUT2D eigenvalue weighted by Crippen LogP contribution is -2.17. The third kappa shape index (κ3) is 1.96. The molecule has 0 radical (unpaired) electrons. The zero-order valence-electron chi connectivity index (χ0n) is 10.1. The first-order chi connectivity index (χ1) is 7.50. The molecule has 0 aliphatic carbocycles. The second-order valence-corrected chi connectivity index (χ2v) is 5.34. The lowest BCUT2D eigenvalue weighted by atomic mass is 9.83. The highest BCUT2D eigenvalue weighted by molar-refractivity contribution is 5.86. The molecule has 2 aromatic rings. The van der Waals surface area contributed by atoms with Gasteiger partial charge in [0.2, 0.25) is 0 Å². The van der Waals surface area contributed by atoms with E-state index in [4.69, 9.17) is 0 Å². The number of benzene rings is 2. The summed E-state index contributed by atoms with van der Waals surface area (Å²) in [5.41, 5.74) is 0.884. The molecule has 0 aliphatic rings. The van der Waals surface area contributed by atoms with Gasteiger partial charge in [0.25, 0.3) is 0 Å². The summed E-state index contributed by atoms with van der Waals surface area (Å²) in [5, 5.41) is 12.7. The van der Waals surface area contributed by atoms with E-state index in [1.807, 2.05) is 24.3 Å². The Labute approximate surface area is 96.7 Å². The Morgan fingerprint density at radius 2 is 1.56 bits per heavy atom. The topological polar surface area (TPSA) is 20.2 Å². The molecule has 1 N–H and O–H groups in total. The van der Waals surface area contributed by atoms with E-state index < -0.39 is 6.10 Å². The molecule has 0 spiro atoms. The molecule has 1 nitrogen and oxygen atoms in total. The lowest BCUT2D eigenvalue weighted by Gasteiger charge is -2.27. The number of aliphatic hydroxyl groups is 1. The van der Waals surface area contributed by atoms with Crippen molar-refractivity contribution in [3.63, 3.8) is 0 Å². The number of rotatable bonds is 1. The molecular weight excluding hydrogens is 196 g/mol. The van der Waals surface area contributed by atoms with Gasteiger partial charge in [-0.15, -0.1) is 0 Å². The van der Waals surface area contributed by atoms with Crippen molar-refractivity contribution in [2.45, 2.75) is 26.9 Å². The van der Waals surface area contributed by atoms with E-state index in [0.29, 0.717) is 0 Å². The van der Waals surface area contributed by atoms with E-state index in [1.54, 1.807) is 0 Å². The third-order valence-electron chi connectivity index (χ3n) is 2.94. The van der Waals surface area contributed by atoms with Gasteiger partial charge in [0.15, 0.2) is 0 Å². The van der Waals surface area contributed by atoms with Crippen LogP contribution in [0.2, 0.25) is 0 Å². The van der Waals surface area contributed by atoms with E-state index in [9.17, 15) is 5.11 Å². The molecule has 1 atom stereocenters. The van der Waals surface area contributed by atoms with E-state index in [-0.39, 0.29) is 5.41 Å². The minimum Gasteiger partial charge on any atom is -0.388 e. The first-order valence-corrected chi connectivity index (χ1v) is 5.66. The zero-order valence-corrected chi connectivity index (χ0v) is 10.1. The highest BCUT2D eigenvalue weighted by Crippen LogP contribution is 2.35. The van der Waals surface area contributed by atoms with Crippen LogP contribution in [-0.4, -0.2) is 5.11 Å². The summed E-state index contributed by atoms with van der Waals surface area (Å²) in [6, 6.07) is 14.3. The monoisotopic (exact) mass is 214 g/mol. The molecule has 0 aliphatic heterocycles. The Bertz CT molecular complexity index is 489. The normalized spacial score (nSPS) is 14.0. The molecule has 84 valence electrons. The third-order valence-corrected chi connectivity index (χ3v) is 2.94. The highest BCUT2D eigenvalue weighted by atomic mass is 16.3. The molecular formula is C15H18O. The van der Waals surface area contributed by atoms with Crippen molar-refractivity contribution >= 4 is 10.8 Å². The summed E-state index contributed by atoms with van der Waals surface area (Å²) >= 11 is 0. The van der Waals surface area contributed by atoms with Gasteiger partial charge in [-0.1, -0.05) is 63.2 Å². The van der Waals surface area contributed by atoms with Crippen molar-refractivity contribution in [1.29, 1.82) is 0 Å². The van der Waals surface area contributed by atoms with Crippen LogP contribution in [0.1, 0.15) is 32.4 Å². The Morgan fingerprint density at radius 3 is 2.25 bits per heavy atom. The summed E-state index contributed by atoms with van der Waals surface area (Å²) in [4.78, 5) is 0. The van der Waals surface area contributed by atoms with Crippen LogP contribution < -0.4 is 0 Å². The maximum atomic E-state index is 10.4. The van der Waals surface area contributed by atoms with Gasteiger partial charge in [-0.3, -0.25) is 0 Å². The van der Waals surface area contributed by atoms with Gasteiger partial charge in [0, 0.05) is 0 Å². The van der Waals surface area contributed by atoms with Crippen LogP contribution >= 0.6 is 0 Å². The predicted molar refractivity (Wildman–Crippen MR) is 68.4 cm³/mol. The number of hydrogen-bond acceptors (Lipinski definition) is 1. The standard InChI is InChI=1S/C15H18O/c1-15(2,3)14(16)13-10-6-8-11-7-4-5-9-12(11)13/h4-10,14,16H,1-3H3/t14-/m1/s1. The van der Waals surface area contributed by atoms with Crippen molar-refractivity contribution in [2.24, 2.45) is 5.41 Å². The summed E-state index contributed by atoms with van der Waals surface area (Å²) < 4.78 is 0. The number of hydrogen-bond donors (Lipinski definition) is 1. The van der Waals surface area contributed by atoms with E-state index >= 15 is 0 Å². The fourth-order valence-electron chi connectivity index (χ4n) is 1.96. The molecule has 0 fully saturated rings. The molecule has 16 heavy (non-hydrogen) atoms. The Hall–Kier alpha value is -1.34. The Balaban J connectivity index is 2.61. The molecule has 0 saturated heterocycles. The van der Waals surface area contributed by atoms with Crippen LogP contribution in [0.15, 0.2) is 42.5 Å². The van der Waals surface area contributed by atoms with Gasteiger partial charge in [0.1, 0.15) is 0 Å². The van der Waals surface area contributed by atoms with Gasteiger partial charge in [-0.2, -0.15) is 0 Å². The molecule has 0 amide bonds. The fraction of sp³-hybridized carbons (Fsp3) is 0.333. The van der Waals surface area contributed by atoms with Crippen molar-refractivity contribution < 1.29 is 5.11 Å². The summed E-state index contributed by atoms with van der Waals surface area (Å²) in [6.45, 7) is 6.17. The number of fused-ring (bicyclic) bond motifs is 1. The van der Waals surface area contributed by atoms with Crippen LogP contribution in [0, 0.1) is 5.41 Å². The summed E-state index contributed by atoms with van der Waals surface area (Å²) in [7, 11) is 0. The van der Waals surface area contributed by atoms with Crippen LogP contribution in [0.25, 0.3) is 10.8 Å². The molecule has 1 heteroatoms. The van der Waals surface area contributed by atoms with Crippen LogP contribution in [0.5, 0.6) is 0 Å².